The van der Waals surface area contributed by atoms with Gasteiger partial charge in [-0.3, -0.25) is 76.9 Å². The Labute approximate surface area is 603 Å². The van der Waals surface area contributed by atoms with Crippen molar-refractivity contribution in [3.8, 4) is 0 Å². The van der Waals surface area contributed by atoms with E-state index in [1.54, 1.807) is 72.0 Å². The van der Waals surface area contributed by atoms with E-state index in [0.717, 1.165) is 6.92 Å². The molecule has 0 unspecified atom stereocenters. The van der Waals surface area contributed by atoms with Crippen molar-refractivity contribution in [2.45, 2.75) is 212 Å². The van der Waals surface area contributed by atoms with E-state index in [-0.39, 0.29) is 88.2 Å². The molecule has 1 aromatic heterocycles. The first-order chi connectivity index (χ1) is 48.8. The number of aliphatic hydroxyl groups excluding tert-OH is 2. The Balaban J connectivity index is 2.45. The third-order valence-electron chi connectivity index (χ3n) is 16.4. The molecule has 1 aromatic carbocycles. The van der Waals surface area contributed by atoms with Gasteiger partial charge in [-0.15, -0.1) is 0 Å². The van der Waals surface area contributed by atoms with Crippen LogP contribution in [0, 0.1) is 23.7 Å². The Bertz CT molecular complexity index is 3290. The predicted molar refractivity (Wildman–Crippen MR) is 380 cm³/mol. The number of guanidine groups is 1. The highest BCUT2D eigenvalue weighted by Gasteiger charge is 2.38. The SMILES string of the molecule is CC[C@H](C)[C@H](NC(=O)CNC(=O)[C@H](CO)NC(=O)[C@H](CCCN=C(N)N)NC(=O)[C@@H](NC(=O)CNC(=O)[C@H](Cc1c[nH]c2ccccc12)NC(=O)[C@H](CC(C)C)NC(=O)[C@H](CC(=O)O)NC(=O)[C@@H](NC(=O)[C@H](CCCCN)NC(=O)[C@H](CC(C)C)NC(=O)[C@@H](N)CCC(N)=O)C(C)C)[C@@H](C)O)C(N)=O. The van der Waals surface area contributed by atoms with Crippen molar-refractivity contribution in [3.63, 3.8) is 0 Å². The number of amides is 14. The summed E-state index contributed by atoms with van der Waals surface area (Å²) < 4.78 is 0. The molecule has 14 amide bonds. The third-order valence-corrected chi connectivity index (χ3v) is 16.4. The number of nitrogens with one attached hydrogen (secondary N) is 13. The molecule has 13 atom stereocenters. The number of carbonyl (C=O) groups is 15. The van der Waals surface area contributed by atoms with Crippen molar-refractivity contribution < 1.29 is 87.2 Å². The van der Waals surface area contributed by atoms with Gasteiger partial charge in [-0.2, -0.15) is 0 Å². The van der Waals surface area contributed by atoms with Gasteiger partial charge in [0.1, 0.15) is 60.4 Å². The number of para-hydroxylation sites is 1. The number of unbranched alkanes of at least 4 members (excludes halogenated alkanes) is 1. The summed E-state index contributed by atoms with van der Waals surface area (Å²) in [6, 6.07) is -9.49. The second-order valence-electron chi connectivity index (χ2n) is 26.7. The lowest BCUT2D eigenvalue weighted by Crippen LogP contribution is -2.61. The van der Waals surface area contributed by atoms with Gasteiger partial charge >= 0.3 is 5.97 Å². The maximum Gasteiger partial charge on any atom is 0.305 e. The predicted octanol–water partition coefficient (Wildman–Crippen LogP) is -6.31. The highest BCUT2D eigenvalue weighted by Crippen LogP contribution is 2.20. The van der Waals surface area contributed by atoms with Crippen molar-refractivity contribution >= 4 is 106 Å². The van der Waals surface area contributed by atoms with Crippen molar-refractivity contribution in [2.75, 3.05) is 32.8 Å². The fourth-order valence-corrected chi connectivity index (χ4v) is 10.5. The number of fused-ring (bicyclic) bond motifs is 1. The molecule has 38 nitrogen and oxygen atoms in total. The van der Waals surface area contributed by atoms with E-state index >= 15 is 0 Å². The van der Waals surface area contributed by atoms with E-state index in [2.05, 4.69) is 73.8 Å². The molecule has 0 fully saturated rings. The monoisotopic (exact) mass is 1470 g/mol. The number of rotatable bonds is 49. The molecule has 0 saturated heterocycles. The van der Waals surface area contributed by atoms with Crippen LogP contribution in [0.2, 0.25) is 0 Å². The molecule has 0 aliphatic heterocycles. The average molecular weight is 1470 g/mol. The summed E-state index contributed by atoms with van der Waals surface area (Å²) in [6.45, 7) is 12.1. The number of aliphatic hydroxyl groups is 2. The summed E-state index contributed by atoms with van der Waals surface area (Å²) in [5.74, 6) is -16.8. The van der Waals surface area contributed by atoms with E-state index in [1.807, 2.05) is 0 Å². The second-order valence-corrected chi connectivity index (χ2v) is 26.7. The van der Waals surface area contributed by atoms with E-state index in [9.17, 15) is 87.2 Å². The third kappa shape index (κ3) is 32.5. The van der Waals surface area contributed by atoms with Crippen LogP contribution in [0.3, 0.4) is 0 Å². The average Bonchev–Trinajstić information content (AvgIpc) is 1.67. The summed E-state index contributed by atoms with van der Waals surface area (Å²) >= 11 is 0. The number of primary amides is 2. The molecular weight excluding hydrogens is 1360 g/mol. The molecule has 582 valence electrons. The van der Waals surface area contributed by atoms with Gasteiger partial charge in [-0.25, -0.2) is 0 Å². The van der Waals surface area contributed by atoms with Gasteiger partial charge in [-0.1, -0.05) is 80.0 Å². The lowest BCUT2D eigenvalue weighted by Gasteiger charge is -2.29. The number of benzene rings is 1. The van der Waals surface area contributed by atoms with Crippen LogP contribution in [-0.4, -0.2) is 220 Å². The van der Waals surface area contributed by atoms with Gasteiger partial charge in [0, 0.05) is 36.5 Å². The summed E-state index contributed by atoms with van der Waals surface area (Å²) in [4.78, 5) is 209. The number of nitrogens with zero attached hydrogens (tertiary/aromatic N) is 1. The van der Waals surface area contributed by atoms with Gasteiger partial charge < -0.3 is 119 Å². The van der Waals surface area contributed by atoms with Gasteiger partial charge in [0.2, 0.25) is 82.7 Å². The molecule has 1 heterocycles. The number of aromatic amines is 1. The summed E-state index contributed by atoms with van der Waals surface area (Å²) in [6.07, 6.45) is -0.777. The first-order valence-electron chi connectivity index (χ1n) is 34.6. The van der Waals surface area contributed by atoms with Crippen molar-refractivity contribution in [2.24, 2.45) is 63.1 Å². The van der Waals surface area contributed by atoms with Crippen LogP contribution in [0.1, 0.15) is 139 Å². The normalized spacial score (nSPS) is 15.0. The molecule has 28 N–H and O–H groups in total. The molecular formula is C66H110N20O18. The Morgan fingerprint density at radius 1 is 0.529 bits per heavy atom. The number of carbonyl (C=O) groups excluding carboxylic acids is 14. The second kappa shape index (κ2) is 45.8. The smallest absolute Gasteiger partial charge is 0.305 e. The molecule has 104 heavy (non-hydrogen) atoms. The number of hydrogen-bond donors (Lipinski definition) is 22. The van der Waals surface area contributed by atoms with Gasteiger partial charge in [-0.05, 0) is 100 Å². The zero-order valence-electron chi connectivity index (χ0n) is 60.5. The summed E-state index contributed by atoms with van der Waals surface area (Å²) in [5.41, 5.74) is 34.4. The maximum absolute atomic E-state index is 14.6. The lowest BCUT2D eigenvalue weighted by atomic mass is 9.98. The van der Waals surface area contributed by atoms with E-state index < -0.39 is 193 Å². The Kier molecular flexibility index (Phi) is 39.6. The molecule has 2 rings (SSSR count). The van der Waals surface area contributed by atoms with E-state index in [1.165, 1.54) is 13.8 Å². The van der Waals surface area contributed by atoms with Crippen molar-refractivity contribution in [1.82, 2.24) is 68.8 Å². The van der Waals surface area contributed by atoms with Crippen LogP contribution in [0.5, 0.6) is 0 Å². The Morgan fingerprint density at radius 2 is 1.00 bits per heavy atom. The number of aliphatic carboxylic acids is 1. The number of hydrogen-bond acceptors (Lipinski definition) is 20. The number of carboxylic acid groups (broad SMARTS) is 1. The van der Waals surface area contributed by atoms with Crippen LogP contribution < -0.4 is 98.2 Å². The number of aliphatic imine (C=N–C) groups is 1. The van der Waals surface area contributed by atoms with Gasteiger partial charge in [0.15, 0.2) is 5.96 Å². The van der Waals surface area contributed by atoms with Gasteiger partial charge in [0.25, 0.3) is 0 Å². The zero-order chi connectivity index (χ0) is 78.7. The summed E-state index contributed by atoms with van der Waals surface area (Å²) in [7, 11) is 0. The minimum absolute atomic E-state index is 0.00357. The van der Waals surface area contributed by atoms with Crippen LogP contribution in [0.4, 0.5) is 0 Å². The minimum Gasteiger partial charge on any atom is -0.481 e. The van der Waals surface area contributed by atoms with Crippen molar-refractivity contribution in [1.29, 1.82) is 0 Å². The molecule has 0 bridgehead atoms. The molecule has 0 aliphatic rings. The Hall–Kier alpha value is -10.1. The van der Waals surface area contributed by atoms with Crippen LogP contribution in [-0.2, 0) is 78.3 Å². The minimum atomic E-state index is -1.91. The molecule has 0 spiro atoms. The molecule has 38 heteroatoms. The standard InChI is InChI=1S/C66H110N20O18/c1-10-35(8)53(55(70)94)84-49(90)29-76-58(97)47(31-87)83-59(98)42(19-15-23-73-66(71)72)78-65(104)54(36(9)88)85-50(91)30-75-57(96)45(26-37-28-74-40-17-12-11-16-38(37)40)81-62(101)44(25-33(4)5)80-63(102)46(27-51(92)93)82-64(103)52(34(6)7)86-60(99)41(18-13-14-22-67)77-61(100)43(24-32(2)3)79-56(95)39(68)20-21-48(69)89/h11-12,16-17,28,32-36,39,41-47,52-54,74,87-88H,10,13-15,18-27,29-31,67-68H2,1-9H3,(H2,69,89)(H2,70,94)(H,75,96)(H,76,97)(H,77,100)(H,78,104)(H,79,95)(H,80,102)(H,81,101)(H,82,103)(H,83,98)(H,84,90)(H,85,91)(H,86,99)(H,92,93)(H4,71,72,73)/t35-,36+,39-,41-,42-,43-,44-,45-,46-,47-,52-,53-,54-/m0/s1. The first-order valence-corrected chi connectivity index (χ1v) is 34.6. The molecule has 2 aromatic rings. The Morgan fingerprint density at radius 3 is 1.51 bits per heavy atom. The lowest BCUT2D eigenvalue weighted by molar-refractivity contribution is -0.142. The largest absolute Gasteiger partial charge is 0.481 e. The number of nitrogens with two attached hydrogens (primary N) is 6. The first kappa shape index (κ1) is 90.0. The molecule has 0 saturated carbocycles. The number of aromatic nitrogens is 1. The van der Waals surface area contributed by atoms with Crippen LogP contribution in [0.15, 0.2) is 35.5 Å². The highest BCUT2D eigenvalue weighted by atomic mass is 16.4. The highest BCUT2D eigenvalue weighted by molar-refractivity contribution is 6.00. The van der Waals surface area contributed by atoms with Gasteiger partial charge in [0.05, 0.1) is 38.3 Å². The van der Waals surface area contributed by atoms with E-state index in [4.69, 9.17) is 34.4 Å². The molecule has 0 radical (unpaired) electrons. The van der Waals surface area contributed by atoms with Crippen molar-refractivity contribution in [3.05, 3.63) is 36.0 Å². The molecule has 0 aliphatic carbocycles. The quantitative estimate of drug-likeness (QED) is 0.0166. The maximum atomic E-state index is 14.6. The van der Waals surface area contributed by atoms with Crippen LogP contribution >= 0.6 is 0 Å². The topological polar surface area (TPSA) is 645 Å². The number of carboxylic acids is 1. The fourth-order valence-electron chi connectivity index (χ4n) is 10.5. The van der Waals surface area contributed by atoms with Crippen LogP contribution in [0.25, 0.3) is 10.9 Å². The summed E-state index contributed by atoms with van der Waals surface area (Å²) in [5, 5.41) is 61.0. The number of H-pyrrole nitrogens is 1. The zero-order valence-corrected chi connectivity index (χ0v) is 60.5. The fraction of sp³-hybridized carbons (Fsp3) is 0.636. The van der Waals surface area contributed by atoms with E-state index in [0.29, 0.717) is 35.7 Å².